The Hall–Kier alpha value is -2.19. The van der Waals surface area contributed by atoms with Crippen LogP contribution in [0.4, 0.5) is 16.5 Å². The van der Waals surface area contributed by atoms with Crippen molar-refractivity contribution in [2.24, 2.45) is 0 Å². The molecule has 2 heterocycles. The van der Waals surface area contributed by atoms with Crippen molar-refractivity contribution in [1.82, 2.24) is 9.36 Å². The standard InChI is InChI=1S/C18H25N5O2S/c1-3-16-20-18(26-21-16)22(4-2)13-17(24)19-14-5-7-15(8-6-14)23-9-11-25-12-10-23/h5-8H,3-4,9-13H2,1-2H3,(H,19,24). The summed E-state index contributed by atoms with van der Waals surface area (Å²) in [6.45, 7) is 8.33. The van der Waals surface area contributed by atoms with Gasteiger partial charge in [-0.25, -0.2) is 4.98 Å². The number of anilines is 3. The normalized spacial score (nSPS) is 14.3. The number of aryl methyl sites for hydroxylation is 1. The number of rotatable bonds is 7. The van der Waals surface area contributed by atoms with E-state index in [0.717, 1.165) is 55.1 Å². The van der Waals surface area contributed by atoms with Crippen LogP contribution >= 0.6 is 11.5 Å². The van der Waals surface area contributed by atoms with Crippen LogP contribution in [0.15, 0.2) is 24.3 Å². The molecule has 0 bridgehead atoms. The molecule has 2 aromatic rings. The molecule has 1 amide bonds. The molecule has 140 valence electrons. The summed E-state index contributed by atoms with van der Waals surface area (Å²) in [6.07, 6.45) is 0.801. The van der Waals surface area contributed by atoms with Crippen molar-refractivity contribution in [3.05, 3.63) is 30.1 Å². The zero-order valence-corrected chi connectivity index (χ0v) is 16.1. The first-order valence-electron chi connectivity index (χ1n) is 8.99. The molecule has 0 atom stereocenters. The first-order chi connectivity index (χ1) is 12.7. The zero-order chi connectivity index (χ0) is 18.4. The van der Waals surface area contributed by atoms with Crippen LogP contribution in [0.25, 0.3) is 0 Å². The Morgan fingerprint density at radius 1 is 1.27 bits per heavy atom. The van der Waals surface area contributed by atoms with Crippen molar-refractivity contribution >= 4 is 33.9 Å². The Morgan fingerprint density at radius 3 is 2.62 bits per heavy atom. The first kappa shape index (κ1) is 18.6. The van der Waals surface area contributed by atoms with E-state index < -0.39 is 0 Å². The van der Waals surface area contributed by atoms with Crippen molar-refractivity contribution in [2.75, 3.05) is 54.5 Å². The summed E-state index contributed by atoms with van der Waals surface area (Å²) in [5.74, 6) is 0.766. The molecule has 1 aromatic heterocycles. The summed E-state index contributed by atoms with van der Waals surface area (Å²) in [5, 5.41) is 3.75. The van der Waals surface area contributed by atoms with Crippen LogP contribution in [0.2, 0.25) is 0 Å². The molecular formula is C18H25N5O2S. The van der Waals surface area contributed by atoms with Crippen LogP contribution in [0.3, 0.4) is 0 Å². The predicted molar refractivity (Wildman–Crippen MR) is 105 cm³/mol. The van der Waals surface area contributed by atoms with Gasteiger partial charge in [0.05, 0.1) is 19.8 Å². The van der Waals surface area contributed by atoms with Crippen LogP contribution in [0.1, 0.15) is 19.7 Å². The fraction of sp³-hybridized carbons (Fsp3) is 0.500. The number of carbonyl (C=O) groups excluding carboxylic acids is 1. The largest absolute Gasteiger partial charge is 0.378 e. The minimum atomic E-state index is -0.0563. The molecule has 7 nitrogen and oxygen atoms in total. The smallest absolute Gasteiger partial charge is 0.243 e. The van der Waals surface area contributed by atoms with E-state index in [1.165, 1.54) is 11.5 Å². The molecule has 1 aromatic carbocycles. The number of nitrogens with zero attached hydrogens (tertiary/aromatic N) is 4. The molecule has 0 unspecified atom stereocenters. The van der Waals surface area contributed by atoms with Gasteiger partial charge < -0.3 is 19.9 Å². The molecule has 1 aliphatic rings. The summed E-state index contributed by atoms with van der Waals surface area (Å²) in [5.41, 5.74) is 1.96. The number of aromatic nitrogens is 2. The van der Waals surface area contributed by atoms with E-state index in [0.29, 0.717) is 6.54 Å². The fourth-order valence-corrected chi connectivity index (χ4v) is 3.59. The predicted octanol–water partition coefficient (Wildman–Crippen LogP) is 2.40. The van der Waals surface area contributed by atoms with Gasteiger partial charge in [-0.15, -0.1) is 0 Å². The second-order valence-corrected chi connectivity index (χ2v) is 6.79. The molecule has 0 radical (unpaired) electrons. The Morgan fingerprint density at radius 2 is 2.00 bits per heavy atom. The molecule has 0 saturated carbocycles. The van der Waals surface area contributed by atoms with E-state index in [-0.39, 0.29) is 12.5 Å². The van der Waals surface area contributed by atoms with Crippen molar-refractivity contribution < 1.29 is 9.53 Å². The molecule has 1 N–H and O–H groups in total. The van der Waals surface area contributed by atoms with Crippen LogP contribution < -0.4 is 15.1 Å². The van der Waals surface area contributed by atoms with E-state index in [1.807, 2.05) is 43.0 Å². The number of hydrogen-bond acceptors (Lipinski definition) is 7. The maximum Gasteiger partial charge on any atom is 0.243 e. The molecule has 1 aliphatic heterocycles. The number of hydrogen-bond donors (Lipinski definition) is 1. The van der Waals surface area contributed by atoms with E-state index in [2.05, 4.69) is 19.6 Å². The third-order valence-corrected chi connectivity index (χ3v) is 5.10. The third-order valence-electron chi connectivity index (χ3n) is 4.29. The minimum Gasteiger partial charge on any atom is -0.378 e. The molecular weight excluding hydrogens is 350 g/mol. The molecule has 0 aliphatic carbocycles. The fourth-order valence-electron chi connectivity index (χ4n) is 2.78. The monoisotopic (exact) mass is 375 g/mol. The first-order valence-corrected chi connectivity index (χ1v) is 9.77. The average Bonchev–Trinajstić information content (AvgIpc) is 3.16. The minimum absolute atomic E-state index is 0.0563. The number of morpholine rings is 1. The number of likely N-dealkylation sites (N-methyl/N-ethyl adjacent to an activating group) is 1. The molecule has 1 fully saturated rings. The Labute approximate surface area is 158 Å². The number of ether oxygens (including phenoxy) is 1. The van der Waals surface area contributed by atoms with Gasteiger partial charge in [-0.05, 0) is 31.2 Å². The lowest BCUT2D eigenvalue weighted by atomic mass is 10.2. The average molecular weight is 375 g/mol. The Kier molecular flexibility index (Phi) is 6.40. The second kappa shape index (κ2) is 8.95. The van der Waals surface area contributed by atoms with Gasteiger partial charge >= 0.3 is 0 Å². The van der Waals surface area contributed by atoms with Crippen LogP contribution in [-0.2, 0) is 16.0 Å². The lowest BCUT2D eigenvalue weighted by molar-refractivity contribution is -0.115. The van der Waals surface area contributed by atoms with E-state index in [1.54, 1.807) is 0 Å². The van der Waals surface area contributed by atoms with E-state index >= 15 is 0 Å². The third kappa shape index (κ3) is 4.70. The van der Waals surface area contributed by atoms with Crippen LogP contribution in [-0.4, -0.2) is 54.7 Å². The van der Waals surface area contributed by atoms with Crippen LogP contribution in [0, 0.1) is 0 Å². The van der Waals surface area contributed by atoms with Crippen molar-refractivity contribution in [1.29, 1.82) is 0 Å². The highest BCUT2D eigenvalue weighted by Crippen LogP contribution is 2.20. The number of benzene rings is 1. The summed E-state index contributed by atoms with van der Waals surface area (Å²) in [6, 6.07) is 7.96. The SMILES string of the molecule is CCc1nsc(N(CC)CC(=O)Nc2ccc(N3CCOCC3)cc2)n1. The van der Waals surface area contributed by atoms with Gasteiger partial charge in [0.15, 0.2) is 0 Å². The maximum absolute atomic E-state index is 12.4. The number of amides is 1. The Bertz CT molecular complexity index is 713. The van der Waals surface area contributed by atoms with Crippen molar-refractivity contribution in [3.63, 3.8) is 0 Å². The quantitative estimate of drug-likeness (QED) is 0.801. The molecule has 0 spiro atoms. The zero-order valence-electron chi connectivity index (χ0n) is 15.3. The lowest BCUT2D eigenvalue weighted by Gasteiger charge is -2.29. The molecule has 8 heteroatoms. The lowest BCUT2D eigenvalue weighted by Crippen LogP contribution is -2.36. The van der Waals surface area contributed by atoms with Gasteiger partial charge in [0.2, 0.25) is 11.0 Å². The van der Waals surface area contributed by atoms with Gasteiger partial charge in [0, 0.05) is 49.0 Å². The van der Waals surface area contributed by atoms with Crippen molar-refractivity contribution in [2.45, 2.75) is 20.3 Å². The highest BCUT2D eigenvalue weighted by Gasteiger charge is 2.15. The molecule has 3 rings (SSSR count). The topological polar surface area (TPSA) is 70.6 Å². The van der Waals surface area contributed by atoms with Gasteiger partial charge in [-0.3, -0.25) is 4.79 Å². The summed E-state index contributed by atoms with van der Waals surface area (Å²) >= 11 is 1.34. The molecule has 1 saturated heterocycles. The highest BCUT2D eigenvalue weighted by atomic mass is 32.1. The van der Waals surface area contributed by atoms with E-state index in [9.17, 15) is 4.79 Å². The number of carbonyl (C=O) groups is 1. The summed E-state index contributed by atoms with van der Waals surface area (Å²) in [7, 11) is 0. The summed E-state index contributed by atoms with van der Waals surface area (Å²) < 4.78 is 9.67. The van der Waals surface area contributed by atoms with Crippen LogP contribution in [0.5, 0.6) is 0 Å². The maximum atomic E-state index is 12.4. The van der Waals surface area contributed by atoms with E-state index in [4.69, 9.17) is 4.74 Å². The Balaban J connectivity index is 1.56. The van der Waals surface area contributed by atoms with Gasteiger partial charge in [-0.2, -0.15) is 4.37 Å². The van der Waals surface area contributed by atoms with Gasteiger partial charge in [0.1, 0.15) is 5.82 Å². The number of nitrogens with one attached hydrogen (secondary N) is 1. The molecule has 26 heavy (non-hydrogen) atoms. The summed E-state index contributed by atoms with van der Waals surface area (Å²) in [4.78, 5) is 21.1. The highest BCUT2D eigenvalue weighted by molar-refractivity contribution is 7.09. The second-order valence-electron chi connectivity index (χ2n) is 6.06. The van der Waals surface area contributed by atoms with Crippen molar-refractivity contribution in [3.8, 4) is 0 Å². The van der Waals surface area contributed by atoms with Gasteiger partial charge in [0.25, 0.3) is 0 Å². The van der Waals surface area contributed by atoms with Gasteiger partial charge in [-0.1, -0.05) is 6.92 Å².